The Hall–Kier alpha value is -3.36. The van der Waals surface area contributed by atoms with Crippen LogP contribution in [-0.4, -0.2) is 58.2 Å². The molecule has 2 rings (SSSR count). The molecule has 0 heterocycles. The zero-order chi connectivity index (χ0) is 28.1. The average molecular weight is 543 g/mol. The summed E-state index contributed by atoms with van der Waals surface area (Å²) in [6, 6.07) is 17.1. The minimum Gasteiger partial charge on any atom is -0.494 e. The van der Waals surface area contributed by atoms with Gasteiger partial charge in [0.1, 0.15) is 18.1 Å². The maximum Gasteiger partial charge on any atom is 0.333 e. The molecule has 0 aromatic heterocycles. The molecule has 0 radical (unpaired) electrons. The normalized spacial score (nSPS) is 11.4. The van der Waals surface area contributed by atoms with Gasteiger partial charge in [-0.15, -0.1) is 0 Å². The van der Waals surface area contributed by atoms with Gasteiger partial charge >= 0.3 is 11.9 Å². The zero-order valence-corrected chi connectivity index (χ0v) is 23.2. The number of ether oxygens (including phenoxy) is 6. The molecule has 0 spiro atoms. The Balaban J connectivity index is 1.58. The van der Waals surface area contributed by atoms with Crippen LogP contribution in [0, 0.1) is 0 Å². The molecule has 0 aliphatic rings. The first-order valence-corrected chi connectivity index (χ1v) is 13.6. The molecule has 39 heavy (non-hydrogen) atoms. The van der Waals surface area contributed by atoms with Gasteiger partial charge in [0.2, 0.25) is 0 Å². The lowest BCUT2D eigenvalue weighted by atomic mass is 10.1. The summed E-state index contributed by atoms with van der Waals surface area (Å²) in [6.45, 7) is 10.4. The number of carbonyl (C=O) groups excluding carboxylic acids is 2. The van der Waals surface area contributed by atoms with Crippen molar-refractivity contribution in [2.45, 2.75) is 52.1 Å². The van der Waals surface area contributed by atoms with E-state index in [1.54, 1.807) is 6.92 Å². The Bertz CT molecular complexity index is 976. The van der Waals surface area contributed by atoms with Crippen LogP contribution in [0.2, 0.25) is 0 Å². The molecule has 8 nitrogen and oxygen atoms in total. The molecular weight excluding hydrogens is 500 g/mol. The predicted molar refractivity (Wildman–Crippen MR) is 149 cm³/mol. The lowest BCUT2D eigenvalue weighted by molar-refractivity contribution is -0.153. The molecule has 1 atom stereocenters. The highest BCUT2D eigenvalue weighted by Crippen LogP contribution is 2.20. The SMILES string of the molecule is C=C(C)C(=O)OCCCCC(=O)OC(COCCCCOCCOc1cccc(OCC)c1)c1ccccc1. The molecule has 2 aromatic carbocycles. The largest absolute Gasteiger partial charge is 0.494 e. The number of benzene rings is 2. The molecule has 0 aliphatic heterocycles. The van der Waals surface area contributed by atoms with Crippen LogP contribution in [0.3, 0.4) is 0 Å². The van der Waals surface area contributed by atoms with Crippen LogP contribution in [0.4, 0.5) is 0 Å². The molecule has 0 bridgehead atoms. The quantitative estimate of drug-likeness (QED) is 0.110. The Morgan fingerprint density at radius 1 is 0.795 bits per heavy atom. The van der Waals surface area contributed by atoms with Crippen molar-refractivity contribution in [1.82, 2.24) is 0 Å². The summed E-state index contributed by atoms with van der Waals surface area (Å²) in [4.78, 5) is 23.8. The van der Waals surface area contributed by atoms with Crippen LogP contribution in [0.15, 0.2) is 66.7 Å². The van der Waals surface area contributed by atoms with Crippen molar-refractivity contribution < 1.29 is 38.0 Å². The van der Waals surface area contributed by atoms with Crippen molar-refractivity contribution in [3.8, 4) is 11.5 Å². The van der Waals surface area contributed by atoms with Crippen LogP contribution < -0.4 is 9.47 Å². The summed E-state index contributed by atoms with van der Waals surface area (Å²) in [5, 5.41) is 0. The Labute approximate surface area is 232 Å². The van der Waals surface area contributed by atoms with Crippen LogP contribution >= 0.6 is 0 Å². The van der Waals surface area contributed by atoms with Gasteiger partial charge in [-0.05, 0) is 57.2 Å². The van der Waals surface area contributed by atoms with E-state index in [1.807, 2.05) is 61.5 Å². The number of esters is 2. The Kier molecular flexibility index (Phi) is 16.1. The van der Waals surface area contributed by atoms with E-state index in [-0.39, 0.29) is 25.6 Å². The first kappa shape index (κ1) is 31.9. The number of carbonyl (C=O) groups is 2. The van der Waals surface area contributed by atoms with Gasteiger partial charge in [0.15, 0.2) is 6.10 Å². The minimum atomic E-state index is -0.477. The second-order valence-corrected chi connectivity index (χ2v) is 8.91. The van der Waals surface area contributed by atoms with Gasteiger partial charge in [0, 0.05) is 31.3 Å². The predicted octanol–water partition coefficient (Wildman–Crippen LogP) is 5.85. The summed E-state index contributed by atoms with van der Waals surface area (Å²) in [5.41, 5.74) is 1.24. The maximum atomic E-state index is 12.4. The standard InChI is InChI=1S/C31H42O8/c1-4-36-27-15-12-16-28(23-27)37-22-21-34-18-10-11-19-35-24-29(26-13-6-5-7-14-26)39-30(32)17-8-9-20-38-31(33)25(2)3/h5-7,12-16,23,29H,2,4,8-11,17-22,24H2,1,3H3. The number of hydrogen-bond acceptors (Lipinski definition) is 8. The Morgan fingerprint density at radius 2 is 1.49 bits per heavy atom. The van der Waals surface area contributed by atoms with E-state index in [0.717, 1.165) is 29.9 Å². The summed E-state index contributed by atoms with van der Waals surface area (Å²) in [7, 11) is 0. The molecule has 0 amide bonds. The first-order chi connectivity index (χ1) is 19.0. The molecular formula is C31H42O8. The van der Waals surface area contributed by atoms with Crippen LogP contribution in [0.25, 0.3) is 0 Å². The third-order valence-electron chi connectivity index (χ3n) is 5.51. The summed E-state index contributed by atoms with van der Waals surface area (Å²) in [6.07, 6.45) is 2.59. The van der Waals surface area contributed by atoms with Gasteiger partial charge in [-0.3, -0.25) is 4.79 Å². The summed E-state index contributed by atoms with van der Waals surface area (Å²) in [5.74, 6) is 0.827. The molecule has 0 N–H and O–H groups in total. The molecule has 0 saturated heterocycles. The van der Waals surface area contributed by atoms with Crippen LogP contribution in [0.5, 0.6) is 11.5 Å². The van der Waals surface area contributed by atoms with Gasteiger partial charge < -0.3 is 28.4 Å². The maximum absolute atomic E-state index is 12.4. The van der Waals surface area contributed by atoms with Crippen molar-refractivity contribution in [2.24, 2.45) is 0 Å². The van der Waals surface area contributed by atoms with Gasteiger partial charge in [0.05, 0.1) is 26.4 Å². The molecule has 0 fully saturated rings. The summed E-state index contributed by atoms with van der Waals surface area (Å²) < 4.78 is 33.4. The fourth-order valence-corrected chi connectivity index (χ4v) is 3.48. The second kappa shape index (κ2) is 19.7. The first-order valence-electron chi connectivity index (χ1n) is 13.6. The average Bonchev–Trinajstić information content (AvgIpc) is 2.94. The fourth-order valence-electron chi connectivity index (χ4n) is 3.48. The molecule has 2 aromatic rings. The number of unbranched alkanes of at least 4 members (excludes halogenated alkanes) is 2. The molecule has 0 saturated carbocycles. The number of hydrogen-bond donors (Lipinski definition) is 0. The monoisotopic (exact) mass is 542 g/mol. The van der Waals surface area contributed by atoms with E-state index in [1.165, 1.54) is 0 Å². The van der Waals surface area contributed by atoms with Crippen molar-refractivity contribution in [3.05, 3.63) is 72.3 Å². The van der Waals surface area contributed by atoms with E-state index >= 15 is 0 Å². The molecule has 1 unspecified atom stereocenters. The summed E-state index contributed by atoms with van der Waals surface area (Å²) >= 11 is 0. The van der Waals surface area contributed by atoms with E-state index in [2.05, 4.69) is 6.58 Å². The van der Waals surface area contributed by atoms with E-state index < -0.39 is 12.1 Å². The highest BCUT2D eigenvalue weighted by Gasteiger charge is 2.17. The highest BCUT2D eigenvalue weighted by molar-refractivity contribution is 5.86. The third kappa shape index (κ3) is 14.4. The van der Waals surface area contributed by atoms with Crippen molar-refractivity contribution >= 4 is 11.9 Å². The van der Waals surface area contributed by atoms with E-state index in [9.17, 15) is 9.59 Å². The van der Waals surface area contributed by atoms with Gasteiger partial charge in [0.25, 0.3) is 0 Å². The van der Waals surface area contributed by atoms with Crippen LogP contribution in [-0.2, 0) is 28.5 Å². The van der Waals surface area contributed by atoms with Crippen LogP contribution in [0.1, 0.15) is 57.6 Å². The van der Waals surface area contributed by atoms with Gasteiger partial charge in [-0.2, -0.15) is 0 Å². The molecule has 8 heteroatoms. The fraction of sp³-hybridized carbons (Fsp3) is 0.484. The minimum absolute atomic E-state index is 0.243. The third-order valence-corrected chi connectivity index (χ3v) is 5.51. The molecule has 0 aliphatic carbocycles. The highest BCUT2D eigenvalue weighted by atomic mass is 16.6. The van der Waals surface area contributed by atoms with Gasteiger partial charge in [-0.25, -0.2) is 4.79 Å². The lowest BCUT2D eigenvalue weighted by Crippen LogP contribution is -2.17. The van der Waals surface area contributed by atoms with E-state index in [4.69, 9.17) is 28.4 Å². The van der Waals surface area contributed by atoms with E-state index in [0.29, 0.717) is 51.4 Å². The topological polar surface area (TPSA) is 89.5 Å². The lowest BCUT2D eigenvalue weighted by Gasteiger charge is -2.18. The Morgan fingerprint density at radius 3 is 2.21 bits per heavy atom. The van der Waals surface area contributed by atoms with Crippen molar-refractivity contribution in [3.63, 3.8) is 0 Å². The molecule has 214 valence electrons. The van der Waals surface area contributed by atoms with Crippen molar-refractivity contribution in [1.29, 1.82) is 0 Å². The number of rotatable bonds is 21. The second-order valence-electron chi connectivity index (χ2n) is 8.91. The van der Waals surface area contributed by atoms with Gasteiger partial charge in [-0.1, -0.05) is 43.0 Å². The van der Waals surface area contributed by atoms with Crippen molar-refractivity contribution in [2.75, 3.05) is 46.2 Å². The smallest absolute Gasteiger partial charge is 0.333 e. The zero-order valence-electron chi connectivity index (χ0n) is 23.2.